The van der Waals surface area contributed by atoms with Crippen molar-refractivity contribution in [3.63, 3.8) is 0 Å². The molecule has 0 radical (unpaired) electrons. The number of aromatic nitrogens is 1. The van der Waals surface area contributed by atoms with E-state index in [4.69, 9.17) is 9.47 Å². The molecular formula is C20H18NO4S-. The van der Waals surface area contributed by atoms with Gasteiger partial charge < -0.3 is 19.4 Å². The van der Waals surface area contributed by atoms with Crippen molar-refractivity contribution in [3.05, 3.63) is 53.0 Å². The van der Waals surface area contributed by atoms with E-state index in [1.54, 1.807) is 31.6 Å². The van der Waals surface area contributed by atoms with E-state index < -0.39 is 5.97 Å². The molecule has 26 heavy (non-hydrogen) atoms. The Balaban J connectivity index is 2.05. The number of hydrogen-bond acceptors (Lipinski definition) is 6. The number of carboxylic acid groups (broad SMARTS) is 1. The van der Waals surface area contributed by atoms with Crippen molar-refractivity contribution < 1.29 is 19.4 Å². The molecule has 0 aliphatic rings. The Labute approximate surface area is 155 Å². The van der Waals surface area contributed by atoms with Gasteiger partial charge in [-0.15, -0.1) is 11.3 Å². The van der Waals surface area contributed by atoms with E-state index in [2.05, 4.69) is 4.98 Å². The fraction of sp³-hybridized carbons (Fsp3) is 0.200. The van der Waals surface area contributed by atoms with Crippen LogP contribution in [0.2, 0.25) is 0 Å². The first-order valence-corrected chi connectivity index (χ1v) is 8.90. The first-order valence-electron chi connectivity index (χ1n) is 8.08. The van der Waals surface area contributed by atoms with E-state index in [1.165, 1.54) is 0 Å². The number of benzene rings is 2. The zero-order chi connectivity index (χ0) is 18.5. The van der Waals surface area contributed by atoms with E-state index in [0.29, 0.717) is 17.9 Å². The standard InChI is InChI=1S/C20H19NO4S/c1-24-15-10-13(11-16(12-15)25-2)9-14(7-8-19(22)23)20-21-17-5-3-4-6-18(17)26-20/h3-6,9-12H,7-8H2,1-2H3,(H,22,23)/p-1/b14-9+. The van der Waals surface area contributed by atoms with Crippen LogP contribution >= 0.6 is 11.3 Å². The highest BCUT2D eigenvalue weighted by Crippen LogP contribution is 2.32. The van der Waals surface area contributed by atoms with Gasteiger partial charge in [0.25, 0.3) is 0 Å². The van der Waals surface area contributed by atoms with Crippen LogP contribution in [-0.4, -0.2) is 25.2 Å². The number of para-hydroxylation sites is 1. The number of nitrogens with zero attached hydrogens (tertiary/aromatic N) is 1. The van der Waals surface area contributed by atoms with Gasteiger partial charge in [-0.05, 0) is 54.3 Å². The first-order chi connectivity index (χ1) is 12.6. The Kier molecular flexibility index (Phi) is 5.53. The molecule has 3 rings (SSSR count). The summed E-state index contributed by atoms with van der Waals surface area (Å²) in [6.07, 6.45) is 2.19. The third-order valence-electron chi connectivity index (χ3n) is 3.88. The molecule has 0 saturated heterocycles. The summed E-state index contributed by atoms with van der Waals surface area (Å²) >= 11 is 1.54. The second-order valence-corrected chi connectivity index (χ2v) is 6.70. The summed E-state index contributed by atoms with van der Waals surface area (Å²) in [5.41, 5.74) is 2.59. The Bertz CT molecular complexity index is 906. The molecule has 0 fully saturated rings. The van der Waals surface area contributed by atoms with Crippen molar-refractivity contribution >= 4 is 39.2 Å². The smallest absolute Gasteiger partial charge is 0.123 e. The van der Waals surface area contributed by atoms with Crippen LogP contribution in [-0.2, 0) is 4.79 Å². The number of thiazole rings is 1. The maximum atomic E-state index is 11.0. The monoisotopic (exact) mass is 368 g/mol. The predicted molar refractivity (Wildman–Crippen MR) is 101 cm³/mol. The number of carbonyl (C=O) groups is 1. The Morgan fingerprint density at radius 2 is 1.81 bits per heavy atom. The van der Waals surface area contributed by atoms with Gasteiger partial charge in [-0.3, -0.25) is 0 Å². The number of rotatable bonds is 7. The molecular weight excluding hydrogens is 350 g/mol. The van der Waals surface area contributed by atoms with Gasteiger partial charge in [0.05, 0.1) is 24.4 Å². The summed E-state index contributed by atoms with van der Waals surface area (Å²) in [5.74, 6) is 0.249. The van der Waals surface area contributed by atoms with Crippen molar-refractivity contribution in [2.45, 2.75) is 12.8 Å². The lowest BCUT2D eigenvalue weighted by Crippen LogP contribution is -2.21. The lowest BCUT2D eigenvalue weighted by Gasteiger charge is -2.09. The number of carbonyl (C=O) groups excluding carboxylic acids is 1. The zero-order valence-corrected chi connectivity index (χ0v) is 15.3. The maximum Gasteiger partial charge on any atom is 0.123 e. The third-order valence-corrected chi connectivity index (χ3v) is 4.99. The van der Waals surface area contributed by atoms with Gasteiger partial charge in [0.15, 0.2) is 0 Å². The summed E-state index contributed by atoms with van der Waals surface area (Å²) in [4.78, 5) is 15.6. The maximum absolute atomic E-state index is 11.0. The van der Waals surface area contributed by atoms with Crippen molar-refractivity contribution in [2.24, 2.45) is 0 Å². The summed E-state index contributed by atoms with van der Waals surface area (Å²) in [6.45, 7) is 0. The van der Waals surface area contributed by atoms with Gasteiger partial charge in [0.1, 0.15) is 16.5 Å². The second-order valence-electron chi connectivity index (χ2n) is 5.67. The molecule has 0 aliphatic carbocycles. The van der Waals surface area contributed by atoms with Crippen LogP contribution in [0.3, 0.4) is 0 Å². The third kappa shape index (κ3) is 4.21. The SMILES string of the molecule is COc1cc(/C=C(\CCC(=O)[O-])c2nc3ccccc3s2)cc(OC)c1. The number of aliphatic carboxylic acids is 1. The normalized spacial score (nSPS) is 11.5. The first kappa shape index (κ1) is 17.9. The van der Waals surface area contributed by atoms with E-state index in [-0.39, 0.29) is 6.42 Å². The highest BCUT2D eigenvalue weighted by molar-refractivity contribution is 7.19. The van der Waals surface area contributed by atoms with Gasteiger partial charge in [0, 0.05) is 12.0 Å². The van der Waals surface area contributed by atoms with Crippen LogP contribution in [0.5, 0.6) is 11.5 Å². The minimum atomic E-state index is -1.08. The number of ether oxygens (including phenoxy) is 2. The molecule has 0 unspecified atom stereocenters. The average molecular weight is 368 g/mol. The molecule has 2 aromatic carbocycles. The molecule has 0 aliphatic heterocycles. The van der Waals surface area contributed by atoms with Crippen LogP contribution in [0.25, 0.3) is 21.9 Å². The number of hydrogen-bond donors (Lipinski definition) is 0. The van der Waals surface area contributed by atoms with E-state index >= 15 is 0 Å². The quantitative estimate of drug-likeness (QED) is 0.639. The van der Waals surface area contributed by atoms with Crippen LogP contribution in [0.4, 0.5) is 0 Å². The fourth-order valence-corrected chi connectivity index (χ4v) is 3.61. The van der Waals surface area contributed by atoms with Crippen molar-refractivity contribution in [2.75, 3.05) is 14.2 Å². The zero-order valence-electron chi connectivity index (χ0n) is 14.5. The minimum Gasteiger partial charge on any atom is -0.550 e. The molecule has 0 bridgehead atoms. The van der Waals surface area contributed by atoms with Crippen molar-refractivity contribution in [3.8, 4) is 11.5 Å². The molecule has 134 valence electrons. The van der Waals surface area contributed by atoms with Gasteiger partial charge in [-0.25, -0.2) is 4.98 Å². The molecule has 1 heterocycles. The van der Waals surface area contributed by atoms with Gasteiger partial charge >= 0.3 is 0 Å². The number of carboxylic acids is 1. The van der Waals surface area contributed by atoms with Crippen LogP contribution in [0.15, 0.2) is 42.5 Å². The number of methoxy groups -OCH3 is 2. The molecule has 0 atom stereocenters. The summed E-state index contributed by atoms with van der Waals surface area (Å²) in [6, 6.07) is 13.4. The molecule has 6 heteroatoms. The highest BCUT2D eigenvalue weighted by atomic mass is 32.1. The average Bonchev–Trinajstić information content (AvgIpc) is 3.08. The predicted octanol–water partition coefficient (Wildman–Crippen LogP) is 3.38. The fourth-order valence-electron chi connectivity index (χ4n) is 2.60. The van der Waals surface area contributed by atoms with E-state index in [9.17, 15) is 9.90 Å². The summed E-state index contributed by atoms with van der Waals surface area (Å²) < 4.78 is 11.7. The largest absolute Gasteiger partial charge is 0.550 e. The lowest BCUT2D eigenvalue weighted by atomic mass is 10.1. The molecule has 1 aromatic heterocycles. The van der Waals surface area contributed by atoms with Crippen LogP contribution < -0.4 is 14.6 Å². The van der Waals surface area contributed by atoms with Crippen molar-refractivity contribution in [1.29, 1.82) is 0 Å². The summed E-state index contributed by atoms with van der Waals surface area (Å²) in [7, 11) is 3.18. The van der Waals surface area contributed by atoms with Gasteiger partial charge in [-0.2, -0.15) is 0 Å². The molecule has 3 aromatic rings. The number of fused-ring (bicyclic) bond motifs is 1. The second kappa shape index (κ2) is 8.01. The molecule has 0 N–H and O–H groups in total. The van der Waals surface area contributed by atoms with E-state index in [0.717, 1.165) is 26.4 Å². The van der Waals surface area contributed by atoms with Gasteiger partial charge in [-0.1, -0.05) is 12.1 Å². The number of allylic oxidation sites excluding steroid dienone is 1. The Morgan fingerprint density at radius 1 is 1.12 bits per heavy atom. The minimum absolute atomic E-state index is 0.0666. The highest BCUT2D eigenvalue weighted by Gasteiger charge is 2.10. The van der Waals surface area contributed by atoms with Gasteiger partial charge in [0.2, 0.25) is 0 Å². The van der Waals surface area contributed by atoms with Crippen molar-refractivity contribution in [1.82, 2.24) is 4.98 Å². The van der Waals surface area contributed by atoms with E-state index in [1.807, 2.05) is 42.5 Å². The van der Waals surface area contributed by atoms with Crippen LogP contribution in [0.1, 0.15) is 23.4 Å². The molecule has 0 saturated carbocycles. The topological polar surface area (TPSA) is 71.5 Å². The molecule has 0 spiro atoms. The molecule has 5 nitrogen and oxygen atoms in total. The molecule has 0 amide bonds. The summed E-state index contributed by atoms with van der Waals surface area (Å²) in [5, 5.41) is 11.8. The Morgan fingerprint density at radius 3 is 2.42 bits per heavy atom. The Hall–Kier alpha value is -2.86. The lowest BCUT2D eigenvalue weighted by molar-refractivity contribution is -0.305. The van der Waals surface area contributed by atoms with Crippen LogP contribution in [0, 0.1) is 0 Å².